The molecule has 0 aliphatic heterocycles. The van der Waals surface area contributed by atoms with Crippen LogP contribution >= 0.6 is 0 Å². The average Bonchev–Trinajstić information content (AvgIpc) is 3.06. The van der Waals surface area contributed by atoms with E-state index in [1.54, 1.807) is 17.1 Å². The van der Waals surface area contributed by atoms with Crippen LogP contribution in [0.3, 0.4) is 0 Å². The summed E-state index contributed by atoms with van der Waals surface area (Å²) in [6.07, 6.45) is 5.55. The molecule has 0 unspecified atom stereocenters. The number of hydrogen-bond acceptors (Lipinski definition) is 2. The van der Waals surface area contributed by atoms with Crippen LogP contribution in [0, 0.1) is 0 Å². The number of benzene rings is 2. The Balaban J connectivity index is 1.63. The molecule has 3 rings (SSSR count). The Morgan fingerprint density at radius 2 is 1.79 bits per heavy atom. The lowest BCUT2D eigenvalue weighted by Crippen LogP contribution is -2.11. The van der Waals surface area contributed by atoms with Crippen LogP contribution in [-0.4, -0.2) is 15.7 Å². The predicted molar refractivity (Wildman–Crippen MR) is 96.2 cm³/mol. The zero-order valence-electron chi connectivity index (χ0n) is 13.8. The van der Waals surface area contributed by atoms with Crippen molar-refractivity contribution in [3.05, 3.63) is 83.7 Å². The van der Waals surface area contributed by atoms with Gasteiger partial charge in [0.25, 0.3) is 5.91 Å². The van der Waals surface area contributed by atoms with Crippen LogP contribution < -0.4 is 5.32 Å². The molecule has 0 bridgehead atoms. The van der Waals surface area contributed by atoms with Crippen molar-refractivity contribution >= 4 is 11.6 Å². The fourth-order valence-corrected chi connectivity index (χ4v) is 2.58. The topological polar surface area (TPSA) is 46.9 Å². The molecule has 3 aromatic rings. The maximum atomic E-state index is 12.3. The van der Waals surface area contributed by atoms with Gasteiger partial charge in [-0.1, -0.05) is 55.8 Å². The fourth-order valence-electron chi connectivity index (χ4n) is 2.58. The number of anilines is 1. The Kier molecular flexibility index (Phi) is 5.06. The quantitative estimate of drug-likeness (QED) is 0.742. The van der Waals surface area contributed by atoms with Gasteiger partial charge in [-0.2, -0.15) is 5.10 Å². The molecule has 1 N–H and O–H groups in total. The first kappa shape index (κ1) is 16.0. The molecule has 0 atom stereocenters. The van der Waals surface area contributed by atoms with Gasteiger partial charge in [-0.3, -0.25) is 9.48 Å². The smallest absolute Gasteiger partial charge is 0.258 e. The molecule has 4 heteroatoms. The van der Waals surface area contributed by atoms with Crippen LogP contribution in [0.4, 0.5) is 5.69 Å². The molecule has 1 heterocycles. The number of rotatable bonds is 6. The van der Waals surface area contributed by atoms with Gasteiger partial charge in [0, 0.05) is 11.9 Å². The third kappa shape index (κ3) is 4.10. The van der Waals surface area contributed by atoms with Crippen LogP contribution in [0.15, 0.2) is 67.0 Å². The molecular weight excluding hydrogens is 298 g/mol. The van der Waals surface area contributed by atoms with Gasteiger partial charge in [0.2, 0.25) is 0 Å². The van der Waals surface area contributed by atoms with E-state index in [9.17, 15) is 4.79 Å². The molecule has 0 fully saturated rings. The summed E-state index contributed by atoms with van der Waals surface area (Å²) in [5, 5.41) is 7.18. The van der Waals surface area contributed by atoms with Gasteiger partial charge in [0.05, 0.1) is 18.3 Å². The summed E-state index contributed by atoms with van der Waals surface area (Å²) in [6, 6.07) is 18.0. The first-order valence-electron chi connectivity index (χ1n) is 8.21. The third-order valence-corrected chi connectivity index (χ3v) is 3.83. The van der Waals surface area contributed by atoms with E-state index in [0.29, 0.717) is 12.1 Å². The molecule has 122 valence electrons. The number of carbonyl (C=O) groups is 1. The number of hydrogen-bond donors (Lipinski definition) is 1. The minimum atomic E-state index is -0.141. The fraction of sp³-hybridized carbons (Fsp3) is 0.200. The van der Waals surface area contributed by atoms with E-state index in [4.69, 9.17) is 0 Å². The zero-order valence-corrected chi connectivity index (χ0v) is 13.8. The summed E-state index contributed by atoms with van der Waals surface area (Å²) in [5.74, 6) is -0.141. The molecule has 1 amide bonds. The van der Waals surface area contributed by atoms with Crippen molar-refractivity contribution in [2.75, 3.05) is 5.32 Å². The van der Waals surface area contributed by atoms with Gasteiger partial charge in [-0.15, -0.1) is 0 Å². The van der Waals surface area contributed by atoms with Crippen molar-refractivity contribution in [1.29, 1.82) is 0 Å². The Labute approximate surface area is 142 Å². The highest BCUT2D eigenvalue weighted by atomic mass is 16.1. The Morgan fingerprint density at radius 3 is 2.50 bits per heavy atom. The molecule has 0 aliphatic carbocycles. The summed E-state index contributed by atoms with van der Waals surface area (Å²) in [7, 11) is 0. The van der Waals surface area contributed by atoms with Gasteiger partial charge in [0.15, 0.2) is 0 Å². The van der Waals surface area contributed by atoms with Crippen molar-refractivity contribution in [1.82, 2.24) is 9.78 Å². The first-order chi connectivity index (χ1) is 11.7. The lowest BCUT2D eigenvalue weighted by atomic mass is 10.1. The van der Waals surface area contributed by atoms with Crippen LogP contribution in [0.2, 0.25) is 0 Å². The van der Waals surface area contributed by atoms with Crippen LogP contribution in [0.25, 0.3) is 0 Å². The van der Waals surface area contributed by atoms with Gasteiger partial charge >= 0.3 is 0 Å². The van der Waals surface area contributed by atoms with E-state index in [-0.39, 0.29) is 5.91 Å². The SMILES string of the molecule is CCCc1ccc(NC(=O)c2cnn(Cc3ccccc3)c2)cc1. The second-order valence-corrected chi connectivity index (χ2v) is 5.81. The van der Waals surface area contributed by atoms with E-state index in [1.807, 2.05) is 42.5 Å². The van der Waals surface area contributed by atoms with Crippen molar-refractivity contribution in [2.24, 2.45) is 0 Å². The molecular formula is C20H21N3O. The highest BCUT2D eigenvalue weighted by Gasteiger charge is 2.09. The Hall–Kier alpha value is -2.88. The lowest BCUT2D eigenvalue weighted by molar-refractivity contribution is 0.102. The summed E-state index contributed by atoms with van der Waals surface area (Å²) < 4.78 is 1.77. The molecule has 0 saturated carbocycles. The van der Waals surface area contributed by atoms with Gasteiger partial charge in [0.1, 0.15) is 0 Å². The standard InChI is InChI=1S/C20H21N3O/c1-2-6-16-9-11-19(12-10-16)22-20(24)18-13-21-23(15-18)14-17-7-4-3-5-8-17/h3-5,7-13,15H,2,6,14H2,1H3,(H,22,24). The van der Waals surface area contributed by atoms with Gasteiger partial charge in [-0.25, -0.2) is 0 Å². The van der Waals surface area contributed by atoms with E-state index >= 15 is 0 Å². The number of amides is 1. The zero-order chi connectivity index (χ0) is 16.8. The normalized spacial score (nSPS) is 10.5. The average molecular weight is 319 g/mol. The molecule has 24 heavy (non-hydrogen) atoms. The maximum Gasteiger partial charge on any atom is 0.258 e. The summed E-state index contributed by atoms with van der Waals surface area (Å²) in [6.45, 7) is 2.81. The molecule has 0 radical (unpaired) electrons. The minimum absolute atomic E-state index is 0.141. The third-order valence-electron chi connectivity index (χ3n) is 3.83. The molecule has 2 aromatic carbocycles. The summed E-state index contributed by atoms with van der Waals surface area (Å²) >= 11 is 0. The van der Waals surface area contributed by atoms with Gasteiger partial charge < -0.3 is 5.32 Å². The van der Waals surface area contributed by atoms with Crippen molar-refractivity contribution in [2.45, 2.75) is 26.3 Å². The van der Waals surface area contributed by atoms with Crippen LogP contribution in [0.1, 0.15) is 34.8 Å². The summed E-state index contributed by atoms with van der Waals surface area (Å²) in [5.41, 5.74) is 3.80. The second kappa shape index (κ2) is 7.59. The van der Waals surface area contributed by atoms with E-state index in [1.165, 1.54) is 5.56 Å². The minimum Gasteiger partial charge on any atom is -0.322 e. The highest BCUT2D eigenvalue weighted by Crippen LogP contribution is 2.13. The van der Waals surface area contributed by atoms with Crippen LogP contribution in [0.5, 0.6) is 0 Å². The molecule has 1 aromatic heterocycles. The maximum absolute atomic E-state index is 12.3. The van der Waals surface area contributed by atoms with Crippen molar-refractivity contribution in [3.8, 4) is 0 Å². The molecule has 4 nitrogen and oxygen atoms in total. The lowest BCUT2D eigenvalue weighted by Gasteiger charge is -2.05. The molecule has 0 saturated heterocycles. The van der Waals surface area contributed by atoms with E-state index < -0.39 is 0 Å². The van der Waals surface area contributed by atoms with Crippen LogP contribution in [-0.2, 0) is 13.0 Å². The van der Waals surface area contributed by atoms with E-state index in [2.05, 4.69) is 29.5 Å². The number of aromatic nitrogens is 2. The number of carbonyl (C=O) groups excluding carboxylic acids is 1. The van der Waals surface area contributed by atoms with Gasteiger partial charge in [-0.05, 0) is 29.7 Å². The number of nitrogens with zero attached hydrogens (tertiary/aromatic N) is 2. The number of aryl methyl sites for hydroxylation is 1. The molecule has 0 spiro atoms. The number of nitrogens with one attached hydrogen (secondary N) is 1. The summed E-state index contributed by atoms with van der Waals surface area (Å²) in [4.78, 5) is 12.3. The van der Waals surface area contributed by atoms with Crippen molar-refractivity contribution < 1.29 is 4.79 Å². The highest BCUT2D eigenvalue weighted by molar-refractivity contribution is 6.03. The monoisotopic (exact) mass is 319 g/mol. The largest absolute Gasteiger partial charge is 0.322 e. The van der Waals surface area contributed by atoms with Crippen molar-refractivity contribution in [3.63, 3.8) is 0 Å². The second-order valence-electron chi connectivity index (χ2n) is 5.81. The first-order valence-corrected chi connectivity index (χ1v) is 8.21. The Morgan fingerprint density at radius 1 is 1.04 bits per heavy atom. The molecule has 0 aliphatic rings. The predicted octanol–water partition coefficient (Wildman–Crippen LogP) is 4.14. The Bertz CT molecular complexity index is 791. The van der Waals surface area contributed by atoms with E-state index in [0.717, 1.165) is 24.1 Å².